The normalized spacial score (nSPS) is 13.4. The van der Waals surface area contributed by atoms with E-state index in [2.05, 4.69) is 26.0 Å². The van der Waals surface area contributed by atoms with Gasteiger partial charge in [-0.25, -0.2) is 8.42 Å². The highest BCUT2D eigenvalue weighted by Gasteiger charge is 2.23. The number of likely N-dealkylation sites (N-methyl/N-ethyl adjacent to an activating group) is 1. The molecule has 17 heavy (non-hydrogen) atoms. The second-order valence-electron chi connectivity index (χ2n) is 3.14. The predicted molar refractivity (Wildman–Crippen MR) is 70.9 cm³/mol. The number of amides is 1. The third-order valence-electron chi connectivity index (χ3n) is 1.86. The zero-order valence-electron chi connectivity index (χ0n) is 8.95. The van der Waals surface area contributed by atoms with Gasteiger partial charge in [-0.3, -0.25) is 4.79 Å². The number of sulfonamides is 1. The van der Waals surface area contributed by atoms with E-state index < -0.39 is 22.0 Å². The predicted octanol–water partition coefficient (Wildman–Crippen LogP) is 1.58. The second kappa shape index (κ2) is 5.66. The Labute approximate surface area is 117 Å². The Morgan fingerprint density at radius 2 is 2.18 bits per heavy atom. The highest BCUT2D eigenvalue weighted by Crippen LogP contribution is 2.34. The Balaban J connectivity index is 2.93. The molecule has 1 aromatic heterocycles. The maximum absolute atomic E-state index is 11.9. The summed E-state index contributed by atoms with van der Waals surface area (Å²) in [4.78, 5) is 11.2. The molecule has 0 saturated carbocycles. The SMILES string of the molecule is CNC(=O)C(C)NS(=O)(=O)c1cc(Cl)c(Br)s1. The average molecular weight is 362 g/mol. The molecule has 1 atom stereocenters. The standard InChI is InChI=1S/C8H10BrClN2O3S2/c1-4(8(13)11-2)12-17(14,15)6-3-5(10)7(9)16-6/h3-4,12H,1-2H3,(H,11,13). The van der Waals surface area contributed by atoms with E-state index in [9.17, 15) is 13.2 Å². The minimum atomic E-state index is -3.72. The van der Waals surface area contributed by atoms with E-state index in [0.29, 0.717) is 8.81 Å². The highest BCUT2D eigenvalue weighted by molar-refractivity contribution is 9.11. The quantitative estimate of drug-likeness (QED) is 0.855. The highest BCUT2D eigenvalue weighted by atomic mass is 79.9. The third-order valence-corrected chi connectivity index (χ3v) is 6.35. The second-order valence-corrected chi connectivity index (χ2v) is 7.86. The van der Waals surface area contributed by atoms with Crippen LogP contribution in [0.4, 0.5) is 0 Å². The van der Waals surface area contributed by atoms with Gasteiger partial charge in [0, 0.05) is 7.05 Å². The molecule has 0 bridgehead atoms. The van der Waals surface area contributed by atoms with Crippen molar-refractivity contribution in [2.45, 2.75) is 17.2 Å². The van der Waals surface area contributed by atoms with Crippen LogP contribution in [0, 0.1) is 0 Å². The number of carbonyl (C=O) groups is 1. The van der Waals surface area contributed by atoms with Crippen LogP contribution in [0.5, 0.6) is 0 Å². The number of halogens is 2. The van der Waals surface area contributed by atoms with Crippen LogP contribution in [-0.4, -0.2) is 27.4 Å². The molecule has 96 valence electrons. The van der Waals surface area contributed by atoms with E-state index in [1.54, 1.807) is 0 Å². The number of nitrogens with one attached hydrogen (secondary N) is 2. The summed E-state index contributed by atoms with van der Waals surface area (Å²) in [6.45, 7) is 1.46. The lowest BCUT2D eigenvalue weighted by molar-refractivity contribution is -0.121. The van der Waals surface area contributed by atoms with E-state index in [-0.39, 0.29) is 4.21 Å². The van der Waals surface area contributed by atoms with Crippen LogP contribution in [0.3, 0.4) is 0 Å². The van der Waals surface area contributed by atoms with Crippen LogP contribution >= 0.6 is 38.9 Å². The minimum absolute atomic E-state index is 0.0603. The van der Waals surface area contributed by atoms with Crippen molar-refractivity contribution >= 4 is 54.8 Å². The van der Waals surface area contributed by atoms with Crippen LogP contribution in [-0.2, 0) is 14.8 Å². The van der Waals surface area contributed by atoms with Crippen molar-refractivity contribution in [3.8, 4) is 0 Å². The van der Waals surface area contributed by atoms with Crippen molar-refractivity contribution in [1.82, 2.24) is 10.0 Å². The molecule has 0 aliphatic carbocycles. The van der Waals surface area contributed by atoms with Gasteiger partial charge in [0.1, 0.15) is 4.21 Å². The third kappa shape index (κ3) is 3.65. The van der Waals surface area contributed by atoms with Gasteiger partial charge in [0.2, 0.25) is 5.91 Å². The maximum atomic E-state index is 11.9. The number of carbonyl (C=O) groups excluding carboxylic acids is 1. The topological polar surface area (TPSA) is 75.3 Å². The van der Waals surface area contributed by atoms with E-state index >= 15 is 0 Å². The van der Waals surface area contributed by atoms with Gasteiger partial charge in [-0.1, -0.05) is 11.6 Å². The molecule has 0 aliphatic heterocycles. The van der Waals surface area contributed by atoms with Gasteiger partial charge in [-0.15, -0.1) is 11.3 Å². The van der Waals surface area contributed by atoms with Crippen molar-refractivity contribution in [3.05, 3.63) is 14.9 Å². The van der Waals surface area contributed by atoms with Gasteiger partial charge in [-0.2, -0.15) is 4.72 Å². The molecule has 5 nitrogen and oxygen atoms in total. The molecule has 0 saturated heterocycles. The minimum Gasteiger partial charge on any atom is -0.358 e. The molecule has 1 unspecified atom stereocenters. The lowest BCUT2D eigenvalue weighted by Crippen LogP contribution is -2.43. The summed E-state index contributed by atoms with van der Waals surface area (Å²) in [5.74, 6) is -0.407. The first-order valence-corrected chi connectivity index (χ1v) is 7.93. The van der Waals surface area contributed by atoms with E-state index in [0.717, 1.165) is 11.3 Å². The Hall–Kier alpha value is -0.150. The van der Waals surface area contributed by atoms with Crippen molar-refractivity contribution in [1.29, 1.82) is 0 Å². The molecule has 1 amide bonds. The molecule has 0 fully saturated rings. The average Bonchev–Trinajstić information content (AvgIpc) is 2.58. The van der Waals surface area contributed by atoms with Crippen LogP contribution in [0.1, 0.15) is 6.92 Å². The number of thiophene rings is 1. The molecule has 0 spiro atoms. The molecule has 2 N–H and O–H groups in total. The van der Waals surface area contributed by atoms with Crippen molar-refractivity contribution in [2.75, 3.05) is 7.05 Å². The first kappa shape index (κ1) is 14.9. The van der Waals surface area contributed by atoms with Crippen LogP contribution in [0.15, 0.2) is 14.1 Å². The Morgan fingerprint density at radius 1 is 1.59 bits per heavy atom. The summed E-state index contributed by atoms with van der Waals surface area (Å²) in [7, 11) is -2.29. The van der Waals surface area contributed by atoms with Crippen molar-refractivity contribution < 1.29 is 13.2 Å². The molecular weight excluding hydrogens is 352 g/mol. The maximum Gasteiger partial charge on any atom is 0.250 e. The fourth-order valence-electron chi connectivity index (χ4n) is 1.02. The van der Waals surface area contributed by atoms with Gasteiger partial charge < -0.3 is 5.32 Å². The summed E-state index contributed by atoms with van der Waals surface area (Å²) in [5.41, 5.74) is 0. The molecule has 9 heteroatoms. The van der Waals surface area contributed by atoms with Gasteiger partial charge in [0.15, 0.2) is 0 Å². The van der Waals surface area contributed by atoms with E-state index in [4.69, 9.17) is 11.6 Å². The number of hydrogen-bond acceptors (Lipinski definition) is 4. The van der Waals surface area contributed by atoms with E-state index in [1.165, 1.54) is 20.0 Å². The largest absolute Gasteiger partial charge is 0.358 e. The van der Waals surface area contributed by atoms with E-state index in [1.807, 2.05) is 0 Å². The zero-order chi connectivity index (χ0) is 13.2. The van der Waals surface area contributed by atoms with Crippen LogP contribution in [0.2, 0.25) is 5.02 Å². The zero-order valence-corrected chi connectivity index (χ0v) is 12.9. The number of hydrogen-bond donors (Lipinski definition) is 2. The van der Waals surface area contributed by atoms with Crippen molar-refractivity contribution in [3.63, 3.8) is 0 Å². The first-order valence-electron chi connectivity index (χ1n) is 4.46. The summed E-state index contributed by atoms with van der Waals surface area (Å²) < 4.78 is 26.6. The fourth-order valence-corrected chi connectivity index (χ4v) is 4.64. The molecule has 0 radical (unpaired) electrons. The monoisotopic (exact) mass is 360 g/mol. The lowest BCUT2D eigenvalue weighted by Gasteiger charge is -2.11. The molecular formula is C8H10BrClN2O3S2. The van der Waals surface area contributed by atoms with Crippen molar-refractivity contribution in [2.24, 2.45) is 0 Å². The van der Waals surface area contributed by atoms with Gasteiger partial charge in [0.25, 0.3) is 10.0 Å². The lowest BCUT2D eigenvalue weighted by atomic mass is 10.3. The molecule has 1 rings (SSSR count). The molecule has 0 aromatic carbocycles. The number of rotatable bonds is 4. The summed E-state index contributed by atoms with van der Waals surface area (Å²) in [5, 5.41) is 2.68. The summed E-state index contributed by atoms with van der Waals surface area (Å²) in [6, 6.07) is 0.486. The Bertz CT molecular complexity index is 509. The smallest absolute Gasteiger partial charge is 0.250 e. The van der Waals surface area contributed by atoms with Crippen LogP contribution in [0.25, 0.3) is 0 Å². The van der Waals surface area contributed by atoms with Gasteiger partial charge in [-0.05, 0) is 28.9 Å². The summed E-state index contributed by atoms with van der Waals surface area (Å²) >= 11 is 9.87. The molecule has 1 heterocycles. The fraction of sp³-hybridized carbons (Fsp3) is 0.375. The van der Waals surface area contributed by atoms with Crippen LogP contribution < -0.4 is 10.0 Å². The molecule has 0 aliphatic rings. The Morgan fingerprint density at radius 3 is 2.59 bits per heavy atom. The Kier molecular flexibility index (Phi) is 4.96. The molecule has 1 aromatic rings. The first-order chi connectivity index (χ1) is 7.77. The van der Waals surface area contributed by atoms with Gasteiger partial charge in [0.05, 0.1) is 14.9 Å². The summed E-state index contributed by atoms with van der Waals surface area (Å²) in [6.07, 6.45) is 0. The van der Waals surface area contributed by atoms with Gasteiger partial charge >= 0.3 is 0 Å².